The summed E-state index contributed by atoms with van der Waals surface area (Å²) < 4.78 is 0. The van der Waals surface area contributed by atoms with Crippen LogP contribution in [0.4, 0.5) is 0 Å². The van der Waals surface area contributed by atoms with Crippen LogP contribution in [0, 0.1) is 6.92 Å². The first-order chi connectivity index (χ1) is 6.11. The molecule has 1 aromatic heterocycles. The monoisotopic (exact) mass is 192 g/mol. The highest BCUT2D eigenvalue weighted by atomic mass is 32.1. The van der Waals surface area contributed by atoms with E-state index in [1.165, 1.54) is 21.6 Å². The zero-order chi connectivity index (χ0) is 9.84. The summed E-state index contributed by atoms with van der Waals surface area (Å²) in [7, 11) is 0. The normalized spacial score (nSPS) is 10.8. The molecular formula is C12H16S. The molecule has 13 heavy (non-hydrogen) atoms. The summed E-state index contributed by atoms with van der Waals surface area (Å²) in [6.45, 7) is 8.58. The summed E-state index contributed by atoms with van der Waals surface area (Å²) in [5.41, 5.74) is 4.07. The predicted octanol–water partition coefficient (Wildman–Crippen LogP) is 4.43. The van der Waals surface area contributed by atoms with Gasteiger partial charge in [0, 0.05) is 4.88 Å². The third-order valence-corrected chi connectivity index (χ3v) is 3.06. The van der Waals surface area contributed by atoms with Crippen molar-refractivity contribution in [3.8, 4) is 0 Å². The van der Waals surface area contributed by atoms with Gasteiger partial charge in [0.1, 0.15) is 0 Å². The lowest BCUT2D eigenvalue weighted by molar-refractivity contribution is 1.30. The van der Waals surface area contributed by atoms with E-state index in [4.69, 9.17) is 0 Å². The summed E-state index contributed by atoms with van der Waals surface area (Å²) in [6, 6.07) is 2.16. The Morgan fingerprint density at radius 3 is 2.46 bits per heavy atom. The minimum Gasteiger partial charge on any atom is -0.149 e. The molecule has 0 saturated carbocycles. The maximum Gasteiger partial charge on any atom is 0.00865 e. The van der Waals surface area contributed by atoms with Crippen molar-refractivity contribution < 1.29 is 0 Å². The Morgan fingerprint density at radius 2 is 2.00 bits per heavy atom. The van der Waals surface area contributed by atoms with Gasteiger partial charge >= 0.3 is 0 Å². The lowest BCUT2D eigenvalue weighted by Gasteiger charge is -1.95. The fourth-order valence-electron chi connectivity index (χ4n) is 0.949. The molecule has 0 saturated heterocycles. The Labute approximate surface area is 84.6 Å². The van der Waals surface area contributed by atoms with Gasteiger partial charge in [-0.25, -0.2) is 0 Å². The number of rotatable bonds is 2. The number of hydrogen-bond acceptors (Lipinski definition) is 1. The summed E-state index contributed by atoms with van der Waals surface area (Å²) in [5, 5.41) is 2.13. The molecule has 1 aromatic rings. The van der Waals surface area contributed by atoms with E-state index in [9.17, 15) is 0 Å². The SMILES string of the molecule is CC(C)=C(C)/C=C\c1ccsc1C. The average Bonchev–Trinajstić information content (AvgIpc) is 2.47. The van der Waals surface area contributed by atoms with Gasteiger partial charge in [0.05, 0.1) is 0 Å². The molecule has 1 heterocycles. The molecule has 0 fully saturated rings. The number of aryl methyl sites for hydroxylation is 1. The quantitative estimate of drug-likeness (QED) is 0.608. The van der Waals surface area contributed by atoms with E-state index >= 15 is 0 Å². The van der Waals surface area contributed by atoms with Crippen molar-refractivity contribution in [1.29, 1.82) is 0 Å². The molecule has 0 unspecified atom stereocenters. The molecule has 0 spiro atoms. The molecule has 0 amide bonds. The topological polar surface area (TPSA) is 0 Å². The van der Waals surface area contributed by atoms with Crippen LogP contribution in [0.2, 0.25) is 0 Å². The Kier molecular flexibility index (Phi) is 3.49. The molecule has 0 aliphatic carbocycles. The summed E-state index contributed by atoms with van der Waals surface area (Å²) in [6.07, 6.45) is 4.37. The van der Waals surface area contributed by atoms with E-state index in [1.807, 2.05) is 0 Å². The molecule has 0 nitrogen and oxygen atoms in total. The third kappa shape index (κ3) is 2.85. The van der Waals surface area contributed by atoms with Gasteiger partial charge in [0.15, 0.2) is 0 Å². The van der Waals surface area contributed by atoms with Crippen molar-refractivity contribution in [2.24, 2.45) is 0 Å². The fraction of sp³-hybridized carbons (Fsp3) is 0.333. The predicted molar refractivity (Wildman–Crippen MR) is 62.1 cm³/mol. The standard InChI is InChI=1S/C12H16S/c1-9(2)10(3)5-6-12-7-8-13-11(12)4/h5-8H,1-4H3/b6-5-. The zero-order valence-corrected chi connectivity index (χ0v) is 9.53. The average molecular weight is 192 g/mol. The molecule has 70 valence electrons. The van der Waals surface area contributed by atoms with Gasteiger partial charge in [-0.2, -0.15) is 0 Å². The van der Waals surface area contributed by atoms with E-state index in [1.54, 1.807) is 11.3 Å². The summed E-state index contributed by atoms with van der Waals surface area (Å²) in [4.78, 5) is 1.39. The van der Waals surface area contributed by atoms with Crippen molar-refractivity contribution in [2.75, 3.05) is 0 Å². The van der Waals surface area contributed by atoms with Crippen LogP contribution in [0.3, 0.4) is 0 Å². The summed E-state index contributed by atoms with van der Waals surface area (Å²) >= 11 is 1.80. The molecule has 1 rings (SSSR count). The van der Waals surface area contributed by atoms with E-state index < -0.39 is 0 Å². The van der Waals surface area contributed by atoms with Gasteiger partial charge in [-0.3, -0.25) is 0 Å². The maximum atomic E-state index is 2.19. The first-order valence-electron chi connectivity index (χ1n) is 4.47. The molecule has 0 aliphatic heterocycles. The smallest absolute Gasteiger partial charge is 0.00865 e. The zero-order valence-electron chi connectivity index (χ0n) is 8.72. The van der Waals surface area contributed by atoms with Gasteiger partial charge < -0.3 is 0 Å². The van der Waals surface area contributed by atoms with Crippen molar-refractivity contribution in [1.82, 2.24) is 0 Å². The van der Waals surface area contributed by atoms with E-state index in [0.29, 0.717) is 0 Å². The van der Waals surface area contributed by atoms with E-state index in [-0.39, 0.29) is 0 Å². The number of hydrogen-bond donors (Lipinski definition) is 0. The number of allylic oxidation sites excluding steroid dienone is 3. The fourth-order valence-corrected chi connectivity index (χ4v) is 1.64. The van der Waals surface area contributed by atoms with Crippen molar-refractivity contribution in [3.05, 3.63) is 39.1 Å². The van der Waals surface area contributed by atoms with Gasteiger partial charge in [-0.1, -0.05) is 23.3 Å². The Balaban J connectivity index is 2.81. The molecule has 0 atom stereocenters. The number of thiophene rings is 1. The molecular weight excluding hydrogens is 176 g/mol. The molecule has 1 heteroatoms. The third-order valence-electron chi connectivity index (χ3n) is 2.20. The van der Waals surface area contributed by atoms with Crippen molar-refractivity contribution >= 4 is 17.4 Å². The Morgan fingerprint density at radius 1 is 1.31 bits per heavy atom. The van der Waals surface area contributed by atoms with Gasteiger partial charge in [0.25, 0.3) is 0 Å². The van der Waals surface area contributed by atoms with Crippen LogP contribution < -0.4 is 0 Å². The van der Waals surface area contributed by atoms with Crippen LogP contribution in [0.1, 0.15) is 31.2 Å². The van der Waals surface area contributed by atoms with Gasteiger partial charge in [-0.05, 0) is 44.7 Å². The minimum absolute atomic E-state index is 1.34. The van der Waals surface area contributed by atoms with Crippen LogP contribution in [-0.2, 0) is 0 Å². The highest BCUT2D eigenvalue weighted by molar-refractivity contribution is 7.10. The van der Waals surface area contributed by atoms with Crippen LogP contribution in [0.15, 0.2) is 28.7 Å². The Hall–Kier alpha value is -0.820. The largest absolute Gasteiger partial charge is 0.149 e. The Bertz CT molecular complexity index is 336. The van der Waals surface area contributed by atoms with E-state index in [0.717, 1.165) is 0 Å². The second-order valence-electron chi connectivity index (χ2n) is 3.45. The molecule has 0 N–H and O–H groups in total. The van der Waals surface area contributed by atoms with Gasteiger partial charge in [-0.15, -0.1) is 11.3 Å². The molecule has 0 bridgehead atoms. The molecule has 0 aliphatic rings. The first kappa shape index (κ1) is 10.3. The molecule has 0 aromatic carbocycles. The second-order valence-corrected chi connectivity index (χ2v) is 4.57. The van der Waals surface area contributed by atoms with Crippen molar-refractivity contribution in [3.63, 3.8) is 0 Å². The minimum atomic E-state index is 1.34. The maximum absolute atomic E-state index is 2.19. The molecule has 0 radical (unpaired) electrons. The first-order valence-corrected chi connectivity index (χ1v) is 5.35. The highest BCUT2D eigenvalue weighted by Gasteiger charge is 1.93. The summed E-state index contributed by atoms with van der Waals surface area (Å²) in [5.74, 6) is 0. The van der Waals surface area contributed by atoms with Crippen LogP contribution >= 0.6 is 11.3 Å². The van der Waals surface area contributed by atoms with Crippen molar-refractivity contribution in [2.45, 2.75) is 27.7 Å². The van der Waals surface area contributed by atoms with Crippen LogP contribution in [0.5, 0.6) is 0 Å². The van der Waals surface area contributed by atoms with Gasteiger partial charge in [0.2, 0.25) is 0 Å². The van der Waals surface area contributed by atoms with Crippen LogP contribution in [0.25, 0.3) is 6.08 Å². The van der Waals surface area contributed by atoms with Crippen LogP contribution in [-0.4, -0.2) is 0 Å². The lowest BCUT2D eigenvalue weighted by atomic mass is 10.1. The van der Waals surface area contributed by atoms with E-state index in [2.05, 4.69) is 51.3 Å². The highest BCUT2D eigenvalue weighted by Crippen LogP contribution is 2.17. The lowest BCUT2D eigenvalue weighted by Crippen LogP contribution is -1.74. The second kappa shape index (κ2) is 4.43.